The highest BCUT2D eigenvalue weighted by Gasteiger charge is 2.38. The van der Waals surface area contributed by atoms with Crippen LogP contribution in [0.1, 0.15) is 27.7 Å². The van der Waals surface area contributed by atoms with E-state index >= 15 is 0 Å². The van der Waals surface area contributed by atoms with Gasteiger partial charge in [-0.2, -0.15) is 0 Å². The molecule has 0 saturated carbocycles. The van der Waals surface area contributed by atoms with Gasteiger partial charge >= 0.3 is 5.97 Å². The minimum Gasteiger partial charge on any atom is -0.464 e. The van der Waals surface area contributed by atoms with Crippen LogP contribution >= 0.6 is 0 Å². The van der Waals surface area contributed by atoms with E-state index in [1.165, 1.54) is 12.1 Å². The molecule has 1 aromatic carbocycles. The van der Waals surface area contributed by atoms with Crippen molar-refractivity contribution in [2.75, 3.05) is 11.9 Å². The highest BCUT2D eigenvalue weighted by Crippen LogP contribution is 2.25. The molecule has 0 heterocycles. The second-order valence-electron chi connectivity index (χ2n) is 4.71. The van der Waals surface area contributed by atoms with E-state index in [4.69, 9.17) is 4.74 Å². The Morgan fingerprint density at radius 2 is 2.17 bits per heavy atom. The maximum absolute atomic E-state index is 13.1. The molecule has 0 aliphatic carbocycles. The van der Waals surface area contributed by atoms with E-state index in [9.17, 15) is 9.18 Å². The van der Waals surface area contributed by atoms with E-state index in [1.54, 1.807) is 26.0 Å². The highest BCUT2D eigenvalue weighted by molar-refractivity contribution is 5.84. The van der Waals surface area contributed by atoms with Gasteiger partial charge in [-0.3, -0.25) is 0 Å². The van der Waals surface area contributed by atoms with E-state index < -0.39 is 5.54 Å². The Morgan fingerprint density at radius 3 is 2.67 bits per heavy atom. The molecule has 0 saturated heterocycles. The molecule has 0 aromatic heterocycles. The van der Waals surface area contributed by atoms with Crippen molar-refractivity contribution in [1.82, 2.24) is 0 Å². The van der Waals surface area contributed by atoms with E-state index in [1.807, 2.05) is 13.8 Å². The van der Waals surface area contributed by atoms with Crippen LogP contribution in [0.4, 0.5) is 10.1 Å². The maximum atomic E-state index is 13.1. The third-order valence-electron chi connectivity index (χ3n) is 3.08. The topological polar surface area (TPSA) is 38.3 Å². The number of nitrogens with one attached hydrogen (secondary N) is 1. The zero-order valence-corrected chi connectivity index (χ0v) is 11.3. The van der Waals surface area contributed by atoms with E-state index in [2.05, 4.69) is 5.32 Å². The van der Waals surface area contributed by atoms with E-state index in [-0.39, 0.29) is 17.7 Å². The number of hydrogen-bond donors (Lipinski definition) is 1. The lowest BCUT2D eigenvalue weighted by atomic mass is 9.88. The van der Waals surface area contributed by atoms with Gasteiger partial charge in [-0.1, -0.05) is 19.9 Å². The van der Waals surface area contributed by atoms with Crippen LogP contribution in [0.5, 0.6) is 0 Å². The molecule has 1 N–H and O–H groups in total. The fraction of sp³-hybridized carbons (Fsp3) is 0.500. The molecular weight excluding hydrogens is 233 g/mol. The van der Waals surface area contributed by atoms with Crippen LogP contribution in [0.3, 0.4) is 0 Å². The van der Waals surface area contributed by atoms with Gasteiger partial charge in [-0.25, -0.2) is 9.18 Å². The van der Waals surface area contributed by atoms with Crippen LogP contribution in [0.25, 0.3) is 0 Å². The first-order chi connectivity index (χ1) is 8.40. The molecule has 0 aliphatic rings. The summed E-state index contributed by atoms with van der Waals surface area (Å²) in [7, 11) is 0. The highest BCUT2D eigenvalue weighted by atomic mass is 19.1. The van der Waals surface area contributed by atoms with Crippen molar-refractivity contribution in [3.8, 4) is 0 Å². The van der Waals surface area contributed by atoms with Gasteiger partial charge in [0.25, 0.3) is 0 Å². The quantitative estimate of drug-likeness (QED) is 0.819. The Hall–Kier alpha value is -1.58. The van der Waals surface area contributed by atoms with Crippen molar-refractivity contribution < 1.29 is 13.9 Å². The third kappa shape index (κ3) is 3.22. The van der Waals surface area contributed by atoms with Gasteiger partial charge in [0.1, 0.15) is 11.4 Å². The normalized spacial score (nSPS) is 14.1. The minimum absolute atomic E-state index is 0.0137. The van der Waals surface area contributed by atoms with Gasteiger partial charge in [0, 0.05) is 5.69 Å². The zero-order valence-electron chi connectivity index (χ0n) is 11.3. The lowest BCUT2D eigenvalue weighted by Crippen LogP contribution is -2.49. The second-order valence-corrected chi connectivity index (χ2v) is 4.71. The van der Waals surface area contributed by atoms with Gasteiger partial charge in [0.2, 0.25) is 0 Å². The molecular formula is C14H20FNO2. The largest absolute Gasteiger partial charge is 0.464 e. The fourth-order valence-electron chi connectivity index (χ4n) is 1.58. The third-order valence-corrected chi connectivity index (χ3v) is 3.08. The molecule has 4 heteroatoms. The molecule has 0 amide bonds. The summed E-state index contributed by atoms with van der Waals surface area (Å²) < 4.78 is 18.2. The standard InChI is InChI=1S/C14H20FNO2/c1-5-18-13(17)14(4,10(2)3)16-12-8-6-7-11(15)9-12/h6-10,16H,5H2,1-4H3. The number of halogens is 1. The van der Waals surface area contributed by atoms with Gasteiger partial charge < -0.3 is 10.1 Å². The Balaban J connectivity index is 2.96. The van der Waals surface area contributed by atoms with Crippen molar-refractivity contribution in [3.63, 3.8) is 0 Å². The molecule has 1 rings (SSSR count). The van der Waals surface area contributed by atoms with Gasteiger partial charge in [0.15, 0.2) is 0 Å². The molecule has 0 radical (unpaired) electrons. The summed E-state index contributed by atoms with van der Waals surface area (Å²) in [5.74, 6) is -0.654. The van der Waals surface area contributed by atoms with Crippen molar-refractivity contribution in [3.05, 3.63) is 30.1 Å². The Labute approximate surface area is 107 Å². The van der Waals surface area contributed by atoms with Crippen molar-refractivity contribution >= 4 is 11.7 Å². The fourth-order valence-corrected chi connectivity index (χ4v) is 1.58. The molecule has 3 nitrogen and oxygen atoms in total. The number of carbonyl (C=O) groups is 1. The molecule has 0 bridgehead atoms. The first-order valence-electron chi connectivity index (χ1n) is 6.11. The van der Waals surface area contributed by atoms with Gasteiger partial charge in [0.05, 0.1) is 6.61 Å². The lowest BCUT2D eigenvalue weighted by molar-refractivity contribution is -0.149. The first-order valence-corrected chi connectivity index (χ1v) is 6.11. The number of anilines is 1. The molecule has 1 atom stereocenters. The van der Waals surface area contributed by atoms with Gasteiger partial charge in [-0.05, 0) is 38.0 Å². The molecule has 0 fully saturated rings. The summed E-state index contributed by atoms with van der Waals surface area (Å²) in [6.07, 6.45) is 0. The number of benzene rings is 1. The monoisotopic (exact) mass is 253 g/mol. The van der Waals surface area contributed by atoms with E-state index in [0.29, 0.717) is 12.3 Å². The van der Waals surface area contributed by atoms with Crippen molar-refractivity contribution in [2.45, 2.75) is 33.2 Å². The van der Waals surface area contributed by atoms with Crippen molar-refractivity contribution in [2.24, 2.45) is 5.92 Å². The smallest absolute Gasteiger partial charge is 0.331 e. The number of esters is 1. The van der Waals surface area contributed by atoms with Crippen LogP contribution in [0, 0.1) is 11.7 Å². The number of carbonyl (C=O) groups excluding carboxylic acids is 1. The van der Waals surface area contributed by atoms with Crippen LogP contribution in [0.15, 0.2) is 24.3 Å². The summed E-state index contributed by atoms with van der Waals surface area (Å²) in [4.78, 5) is 12.0. The zero-order chi connectivity index (χ0) is 13.8. The van der Waals surface area contributed by atoms with Crippen LogP contribution < -0.4 is 5.32 Å². The summed E-state index contributed by atoms with van der Waals surface area (Å²) in [5, 5.41) is 3.07. The molecule has 0 spiro atoms. The molecule has 0 aliphatic heterocycles. The Bertz CT molecular complexity index is 420. The average molecular weight is 253 g/mol. The lowest BCUT2D eigenvalue weighted by Gasteiger charge is -2.33. The summed E-state index contributed by atoms with van der Waals surface area (Å²) >= 11 is 0. The summed E-state index contributed by atoms with van der Waals surface area (Å²) in [6.45, 7) is 7.69. The molecule has 1 unspecified atom stereocenters. The Kier molecular flexibility index (Phi) is 4.70. The van der Waals surface area contributed by atoms with E-state index in [0.717, 1.165) is 0 Å². The average Bonchev–Trinajstić information content (AvgIpc) is 2.28. The SMILES string of the molecule is CCOC(=O)C(C)(Nc1cccc(F)c1)C(C)C. The molecule has 18 heavy (non-hydrogen) atoms. The molecule has 1 aromatic rings. The second kappa shape index (κ2) is 5.85. The van der Waals surface area contributed by atoms with Crippen LogP contribution in [0.2, 0.25) is 0 Å². The molecule has 100 valence electrons. The Morgan fingerprint density at radius 1 is 1.50 bits per heavy atom. The predicted molar refractivity (Wildman–Crippen MR) is 69.9 cm³/mol. The number of ether oxygens (including phenoxy) is 1. The number of hydrogen-bond acceptors (Lipinski definition) is 3. The summed E-state index contributed by atoms with van der Waals surface area (Å²) in [5.41, 5.74) is -0.302. The number of rotatable bonds is 5. The first kappa shape index (κ1) is 14.5. The van der Waals surface area contributed by atoms with Crippen LogP contribution in [-0.2, 0) is 9.53 Å². The van der Waals surface area contributed by atoms with Gasteiger partial charge in [-0.15, -0.1) is 0 Å². The van der Waals surface area contributed by atoms with Crippen LogP contribution in [-0.4, -0.2) is 18.1 Å². The maximum Gasteiger partial charge on any atom is 0.331 e. The predicted octanol–water partition coefficient (Wildman–Crippen LogP) is 3.22. The summed E-state index contributed by atoms with van der Waals surface area (Å²) in [6, 6.07) is 6.05. The van der Waals surface area contributed by atoms with Crippen molar-refractivity contribution in [1.29, 1.82) is 0 Å². The minimum atomic E-state index is -0.871.